The molecule has 0 unspecified atom stereocenters. The number of fused-ring (bicyclic) bond motifs is 2. The standard InChI is InChI=1S/C28H23N9O/c38-28(16-4-1-2-5-16)33-20-10-18(13-30-15-20)19-11-22-24(36-37-25(22)32-14-19)27-34-23-21(7-9-31-26(23)35-27)17-6-3-8-29-12-17/h3,6-16H,1-2,4-5H2,(H,33,38)(H,31,34,35)(H,32,36,37). The SMILES string of the molecule is O=C(Nc1cncc(-c2cnc3[nH]nc(-c4nc5c(-c6cccnc6)ccnc5[nH]4)c3c2)c1)C1CCCC1. The number of anilines is 1. The number of amides is 1. The van der Waals surface area contributed by atoms with Crippen molar-refractivity contribution in [2.75, 3.05) is 5.32 Å². The molecule has 0 aromatic carbocycles. The number of hydrogen-bond acceptors (Lipinski definition) is 7. The predicted molar refractivity (Wildman–Crippen MR) is 144 cm³/mol. The van der Waals surface area contributed by atoms with Crippen molar-refractivity contribution in [3.05, 3.63) is 67.5 Å². The summed E-state index contributed by atoms with van der Waals surface area (Å²) in [5.41, 5.74) is 6.97. The van der Waals surface area contributed by atoms with E-state index in [4.69, 9.17) is 4.98 Å². The number of H-pyrrole nitrogens is 2. The van der Waals surface area contributed by atoms with Crippen LogP contribution >= 0.6 is 0 Å². The number of imidazole rings is 1. The molecule has 186 valence electrons. The number of carbonyl (C=O) groups excluding carboxylic acids is 1. The Morgan fingerprint density at radius 1 is 0.895 bits per heavy atom. The van der Waals surface area contributed by atoms with Crippen molar-refractivity contribution in [2.24, 2.45) is 5.92 Å². The number of nitrogens with zero attached hydrogens (tertiary/aromatic N) is 6. The largest absolute Gasteiger partial charge is 0.324 e. The van der Waals surface area contributed by atoms with Crippen LogP contribution in [0.2, 0.25) is 0 Å². The van der Waals surface area contributed by atoms with E-state index in [0.29, 0.717) is 28.5 Å². The molecule has 10 nitrogen and oxygen atoms in total. The van der Waals surface area contributed by atoms with Gasteiger partial charge in [-0.25, -0.2) is 15.0 Å². The molecule has 6 aromatic rings. The van der Waals surface area contributed by atoms with Gasteiger partial charge in [0, 0.05) is 59.2 Å². The molecule has 0 saturated heterocycles. The molecule has 0 atom stereocenters. The van der Waals surface area contributed by atoms with E-state index in [1.807, 2.05) is 36.5 Å². The summed E-state index contributed by atoms with van der Waals surface area (Å²) < 4.78 is 0. The molecule has 0 aliphatic heterocycles. The molecule has 1 aliphatic carbocycles. The smallest absolute Gasteiger partial charge is 0.227 e. The van der Waals surface area contributed by atoms with Crippen LogP contribution in [-0.2, 0) is 4.79 Å². The second-order valence-corrected chi connectivity index (χ2v) is 9.51. The van der Waals surface area contributed by atoms with Crippen molar-refractivity contribution in [3.8, 4) is 33.8 Å². The summed E-state index contributed by atoms with van der Waals surface area (Å²) >= 11 is 0. The minimum absolute atomic E-state index is 0.0660. The number of hydrogen-bond donors (Lipinski definition) is 3. The topological polar surface area (TPSA) is 138 Å². The fraction of sp³-hybridized carbons (Fsp3) is 0.179. The molecule has 3 N–H and O–H groups in total. The third-order valence-electron chi connectivity index (χ3n) is 7.06. The van der Waals surface area contributed by atoms with Gasteiger partial charge in [-0.3, -0.25) is 19.9 Å². The van der Waals surface area contributed by atoms with Crippen LogP contribution in [0.4, 0.5) is 5.69 Å². The fourth-order valence-electron chi connectivity index (χ4n) is 5.12. The lowest BCUT2D eigenvalue weighted by atomic mass is 10.1. The van der Waals surface area contributed by atoms with Crippen LogP contribution in [0.1, 0.15) is 25.7 Å². The molecule has 1 amide bonds. The average molecular weight is 502 g/mol. The van der Waals surface area contributed by atoms with E-state index in [9.17, 15) is 4.79 Å². The van der Waals surface area contributed by atoms with E-state index in [1.165, 1.54) is 0 Å². The summed E-state index contributed by atoms with van der Waals surface area (Å²) in [4.78, 5) is 38.4. The average Bonchev–Trinajstić information content (AvgIpc) is 3.73. The van der Waals surface area contributed by atoms with Gasteiger partial charge >= 0.3 is 0 Å². The molecular weight excluding hydrogens is 478 g/mol. The van der Waals surface area contributed by atoms with Gasteiger partial charge in [0.2, 0.25) is 5.91 Å². The maximum atomic E-state index is 12.6. The van der Waals surface area contributed by atoms with Gasteiger partial charge in [0.15, 0.2) is 17.1 Å². The first kappa shape index (κ1) is 22.2. The molecule has 0 radical (unpaired) electrons. The van der Waals surface area contributed by atoms with E-state index < -0.39 is 0 Å². The van der Waals surface area contributed by atoms with Crippen molar-refractivity contribution in [2.45, 2.75) is 25.7 Å². The van der Waals surface area contributed by atoms with E-state index in [1.54, 1.807) is 31.0 Å². The minimum atomic E-state index is 0.0660. The molecule has 0 bridgehead atoms. The number of aromatic nitrogens is 8. The van der Waals surface area contributed by atoms with Gasteiger partial charge in [-0.15, -0.1) is 0 Å². The first-order chi connectivity index (χ1) is 18.7. The quantitative estimate of drug-likeness (QED) is 0.297. The van der Waals surface area contributed by atoms with Crippen LogP contribution in [0.5, 0.6) is 0 Å². The number of rotatable bonds is 5. The van der Waals surface area contributed by atoms with Gasteiger partial charge in [0.05, 0.1) is 17.3 Å². The lowest BCUT2D eigenvalue weighted by Crippen LogP contribution is -2.20. The Kier molecular flexibility index (Phi) is 5.35. The van der Waals surface area contributed by atoms with Crippen LogP contribution in [0.15, 0.2) is 67.5 Å². The van der Waals surface area contributed by atoms with Gasteiger partial charge in [-0.2, -0.15) is 5.10 Å². The van der Waals surface area contributed by atoms with Crippen molar-refractivity contribution in [1.82, 2.24) is 40.1 Å². The molecule has 1 fully saturated rings. The van der Waals surface area contributed by atoms with E-state index >= 15 is 0 Å². The van der Waals surface area contributed by atoms with E-state index in [0.717, 1.165) is 58.8 Å². The van der Waals surface area contributed by atoms with Gasteiger partial charge in [0.25, 0.3) is 0 Å². The van der Waals surface area contributed by atoms with Crippen molar-refractivity contribution >= 4 is 33.8 Å². The molecule has 0 spiro atoms. The summed E-state index contributed by atoms with van der Waals surface area (Å²) in [7, 11) is 0. The fourth-order valence-corrected chi connectivity index (χ4v) is 5.12. The molecule has 10 heteroatoms. The summed E-state index contributed by atoms with van der Waals surface area (Å²) in [6.07, 6.45) is 14.6. The highest BCUT2D eigenvalue weighted by Crippen LogP contribution is 2.32. The number of aromatic amines is 2. The zero-order chi connectivity index (χ0) is 25.5. The van der Waals surface area contributed by atoms with Gasteiger partial charge < -0.3 is 10.3 Å². The predicted octanol–water partition coefficient (Wildman–Crippen LogP) is 5.15. The van der Waals surface area contributed by atoms with Crippen LogP contribution in [0.3, 0.4) is 0 Å². The van der Waals surface area contributed by atoms with Crippen LogP contribution in [-0.4, -0.2) is 46.0 Å². The van der Waals surface area contributed by atoms with E-state index in [2.05, 4.69) is 40.4 Å². The van der Waals surface area contributed by atoms with Crippen LogP contribution in [0, 0.1) is 5.92 Å². The Hall–Kier alpha value is -4.99. The van der Waals surface area contributed by atoms with Crippen molar-refractivity contribution in [1.29, 1.82) is 0 Å². The second-order valence-electron chi connectivity index (χ2n) is 9.51. The van der Waals surface area contributed by atoms with Crippen LogP contribution in [0.25, 0.3) is 56.0 Å². The highest BCUT2D eigenvalue weighted by molar-refractivity contribution is 5.96. The number of nitrogens with one attached hydrogen (secondary N) is 3. The molecule has 7 rings (SSSR count). The Bertz CT molecular complexity index is 1780. The first-order valence-corrected chi connectivity index (χ1v) is 12.6. The summed E-state index contributed by atoms with van der Waals surface area (Å²) in [6, 6.07) is 9.75. The highest BCUT2D eigenvalue weighted by Gasteiger charge is 2.23. The third-order valence-corrected chi connectivity index (χ3v) is 7.06. The van der Waals surface area contributed by atoms with Crippen molar-refractivity contribution < 1.29 is 4.79 Å². The summed E-state index contributed by atoms with van der Waals surface area (Å²) in [6.45, 7) is 0. The lowest BCUT2D eigenvalue weighted by molar-refractivity contribution is -0.119. The zero-order valence-electron chi connectivity index (χ0n) is 20.3. The Labute approximate surface area is 217 Å². The molecule has 6 heterocycles. The van der Waals surface area contributed by atoms with Gasteiger partial charge in [0.1, 0.15) is 11.2 Å². The van der Waals surface area contributed by atoms with Crippen LogP contribution < -0.4 is 5.32 Å². The zero-order valence-corrected chi connectivity index (χ0v) is 20.3. The maximum Gasteiger partial charge on any atom is 0.227 e. The minimum Gasteiger partial charge on any atom is -0.324 e. The van der Waals surface area contributed by atoms with E-state index in [-0.39, 0.29) is 11.8 Å². The maximum absolute atomic E-state index is 12.6. The number of pyridine rings is 4. The lowest BCUT2D eigenvalue weighted by Gasteiger charge is -2.11. The highest BCUT2D eigenvalue weighted by atomic mass is 16.1. The molecule has 1 saturated carbocycles. The molecule has 1 aliphatic rings. The van der Waals surface area contributed by atoms with Gasteiger partial charge in [-0.05, 0) is 37.1 Å². The first-order valence-electron chi connectivity index (χ1n) is 12.6. The Balaban J connectivity index is 1.25. The molecule has 6 aromatic heterocycles. The summed E-state index contributed by atoms with van der Waals surface area (Å²) in [5.74, 6) is 0.739. The molecular formula is C28H23N9O. The number of carbonyl (C=O) groups is 1. The summed E-state index contributed by atoms with van der Waals surface area (Å²) in [5, 5.41) is 11.3. The van der Waals surface area contributed by atoms with Crippen molar-refractivity contribution in [3.63, 3.8) is 0 Å². The van der Waals surface area contributed by atoms with Gasteiger partial charge in [-0.1, -0.05) is 18.9 Å². The molecule has 38 heavy (non-hydrogen) atoms. The Morgan fingerprint density at radius 3 is 2.63 bits per heavy atom. The normalized spacial score (nSPS) is 13.9. The second kappa shape index (κ2) is 9.15. The third kappa shape index (κ3) is 3.96. The Morgan fingerprint density at radius 2 is 1.76 bits per heavy atom. The monoisotopic (exact) mass is 501 g/mol.